The quantitative estimate of drug-likeness (QED) is 0.378. The number of hydrogen-bond donors (Lipinski definition) is 0. The average Bonchev–Trinajstić information content (AvgIpc) is 2.98. The molecule has 0 atom stereocenters. The maximum atomic E-state index is 13.2. The van der Waals surface area contributed by atoms with Gasteiger partial charge in [0.05, 0.1) is 29.8 Å². The Hall–Kier alpha value is -3.52. The van der Waals surface area contributed by atoms with E-state index in [0.29, 0.717) is 5.56 Å². The molecule has 3 rings (SSSR count). The number of para-hydroxylation sites is 1. The van der Waals surface area contributed by atoms with Crippen LogP contribution in [0.1, 0.15) is 19.4 Å². The van der Waals surface area contributed by atoms with E-state index in [1.165, 1.54) is 24.3 Å². The molecule has 2 amide bonds. The van der Waals surface area contributed by atoms with Gasteiger partial charge in [-0.1, -0.05) is 18.2 Å². The molecule has 1 aliphatic rings. The number of carbonyl (C=O) groups is 2. The van der Waals surface area contributed by atoms with Crippen molar-refractivity contribution < 1.29 is 19.2 Å². The number of anilines is 1. The van der Waals surface area contributed by atoms with Gasteiger partial charge in [-0.15, -0.1) is 0 Å². The lowest BCUT2D eigenvalue weighted by atomic mass is 10.0. The number of amides is 2. The zero-order valence-corrected chi connectivity index (χ0v) is 17.1. The molecule has 0 saturated carbocycles. The molecule has 2 aromatic carbocycles. The summed E-state index contributed by atoms with van der Waals surface area (Å²) in [4.78, 5) is 39.7. The highest BCUT2D eigenvalue weighted by molar-refractivity contribution is 6.36. The standard InChI is InChI=1S/C22H23N3O5/c1-15(2)30-14-13-24-21(26)19(16-9-11-18(12-10-16)25(28)29)20(22(24)27)23(3)17-7-5-4-6-8-17/h4-12,15H,13-14H2,1-3H3. The Morgan fingerprint density at radius 3 is 2.23 bits per heavy atom. The number of ether oxygens (including phenoxy) is 1. The van der Waals surface area contributed by atoms with Crippen molar-refractivity contribution >= 4 is 28.8 Å². The number of carbonyl (C=O) groups excluding carboxylic acids is 2. The first-order valence-corrected chi connectivity index (χ1v) is 9.57. The summed E-state index contributed by atoms with van der Waals surface area (Å²) >= 11 is 0. The Kier molecular flexibility index (Phi) is 6.27. The van der Waals surface area contributed by atoms with Gasteiger partial charge in [-0.3, -0.25) is 24.6 Å². The highest BCUT2D eigenvalue weighted by Crippen LogP contribution is 2.33. The topological polar surface area (TPSA) is 93.0 Å². The van der Waals surface area contributed by atoms with Crippen LogP contribution >= 0.6 is 0 Å². The van der Waals surface area contributed by atoms with Crippen LogP contribution < -0.4 is 4.90 Å². The highest BCUT2D eigenvalue weighted by Gasteiger charge is 2.41. The van der Waals surface area contributed by atoms with Gasteiger partial charge >= 0.3 is 0 Å². The van der Waals surface area contributed by atoms with E-state index in [0.717, 1.165) is 10.6 Å². The molecule has 0 bridgehead atoms. The van der Waals surface area contributed by atoms with Gasteiger partial charge in [-0.2, -0.15) is 0 Å². The van der Waals surface area contributed by atoms with Crippen LogP contribution in [0.3, 0.4) is 0 Å². The number of nitro groups is 1. The first-order valence-electron chi connectivity index (χ1n) is 9.57. The van der Waals surface area contributed by atoms with E-state index in [2.05, 4.69) is 0 Å². The molecule has 8 heteroatoms. The number of likely N-dealkylation sites (N-methyl/N-ethyl adjacent to an activating group) is 1. The zero-order chi connectivity index (χ0) is 21.8. The third-order valence-corrected chi connectivity index (χ3v) is 4.76. The first kappa shape index (κ1) is 21.2. The number of nitrogens with zero attached hydrogens (tertiary/aromatic N) is 3. The predicted molar refractivity (Wildman–Crippen MR) is 113 cm³/mol. The molecule has 0 saturated heterocycles. The molecule has 156 valence electrons. The fourth-order valence-electron chi connectivity index (χ4n) is 3.25. The SMILES string of the molecule is CC(C)OCCN1C(=O)C(c2ccc([N+](=O)[O-])cc2)=C(N(C)c2ccccc2)C1=O. The summed E-state index contributed by atoms with van der Waals surface area (Å²) in [7, 11) is 1.72. The van der Waals surface area contributed by atoms with Gasteiger partial charge in [0.25, 0.3) is 17.5 Å². The van der Waals surface area contributed by atoms with Crippen molar-refractivity contribution in [2.75, 3.05) is 25.1 Å². The summed E-state index contributed by atoms with van der Waals surface area (Å²) in [6.45, 7) is 4.11. The van der Waals surface area contributed by atoms with Crippen molar-refractivity contribution in [1.29, 1.82) is 0 Å². The number of benzene rings is 2. The Morgan fingerprint density at radius 2 is 1.67 bits per heavy atom. The van der Waals surface area contributed by atoms with Crippen LogP contribution in [0.5, 0.6) is 0 Å². The van der Waals surface area contributed by atoms with E-state index in [4.69, 9.17) is 4.74 Å². The summed E-state index contributed by atoms with van der Waals surface area (Å²) in [6.07, 6.45) is -0.0219. The van der Waals surface area contributed by atoms with Crippen LogP contribution in [-0.4, -0.2) is 47.9 Å². The minimum absolute atomic E-state index is 0.0219. The third kappa shape index (κ3) is 4.23. The molecule has 0 N–H and O–H groups in total. The normalized spacial score (nSPS) is 14.1. The largest absolute Gasteiger partial charge is 0.377 e. The van der Waals surface area contributed by atoms with E-state index < -0.39 is 16.7 Å². The van der Waals surface area contributed by atoms with Crippen LogP contribution in [0, 0.1) is 10.1 Å². The minimum Gasteiger partial charge on any atom is -0.377 e. The lowest BCUT2D eigenvalue weighted by Gasteiger charge is -2.21. The van der Waals surface area contributed by atoms with Crippen molar-refractivity contribution in [1.82, 2.24) is 4.90 Å². The van der Waals surface area contributed by atoms with Gasteiger partial charge in [-0.25, -0.2) is 0 Å². The summed E-state index contributed by atoms with van der Waals surface area (Å²) < 4.78 is 5.51. The molecule has 0 unspecified atom stereocenters. The molecule has 0 radical (unpaired) electrons. The first-order chi connectivity index (χ1) is 14.3. The van der Waals surface area contributed by atoms with E-state index in [-0.39, 0.29) is 36.2 Å². The van der Waals surface area contributed by atoms with Crippen molar-refractivity contribution in [3.05, 3.63) is 76.0 Å². The van der Waals surface area contributed by atoms with Crippen molar-refractivity contribution in [3.8, 4) is 0 Å². The fraction of sp³-hybridized carbons (Fsp3) is 0.273. The molecule has 2 aromatic rings. The van der Waals surface area contributed by atoms with Crippen molar-refractivity contribution in [2.24, 2.45) is 0 Å². The average molecular weight is 409 g/mol. The maximum Gasteiger partial charge on any atom is 0.278 e. The number of nitro benzene ring substituents is 1. The number of non-ortho nitro benzene ring substituents is 1. The van der Waals surface area contributed by atoms with Crippen molar-refractivity contribution in [2.45, 2.75) is 20.0 Å². The highest BCUT2D eigenvalue weighted by atomic mass is 16.6. The Morgan fingerprint density at radius 1 is 1.03 bits per heavy atom. The molecule has 0 aliphatic carbocycles. The van der Waals surface area contributed by atoms with Gasteiger partial charge in [0.15, 0.2) is 0 Å². The van der Waals surface area contributed by atoms with Gasteiger partial charge < -0.3 is 9.64 Å². The summed E-state index contributed by atoms with van der Waals surface area (Å²) in [5.41, 5.74) is 1.55. The van der Waals surface area contributed by atoms with E-state index in [1.807, 2.05) is 44.2 Å². The van der Waals surface area contributed by atoms with Crippen LogP contribution in [0.4, 0.5) is 11.4 Å². The zero-order valence-electron chi connectivity index (χ0n) is 17.1. The van der Waals surface area contributed by atoms with Gasteiger partial charge in [-0.05, 0) is 43.7 Å². The van der Waals surface area contributed by atoms with Gasteiger partial charge in [0.2, 0.25) is 0 Å². The minimum atomic E-state index is -0.508. The Labute approximate surface area is 174 Å². The number of rotatable bonds is 8. The molecule has 8 nitrogen and oxygen atoms in total. The predicted octanol–water partition coefficient (Wildman–Crippen LogP) is 3.24. The number of hydrogen-bond acceptors (Lipinski definition) is 6. The molecule has 1 aliphatic heterocycles. The molecular formula is C22H23N3O5. The molecule has 30 heavy (non-hydrogen) atoms. The van der Waals surface area contributed by atoms with Crippen LogP contribution in [0.25, 0.3) is 5.57 Å². The van der Waals surface area contributed by atoms with E-state index in [1.54, 1.807) is 11.9 Å². The maximum absolute atomic E-state index is 13.2. The monoisotopic (exact) mass is 409 g/mol. The molecular weight excluding hydrogens is 386 g/mol. The fourth-order valence-corrected chi connectivity index (χ4v) is 3.25. The second-order valence-electron chi connectivity index (χ2n) is 7.10. The second-order valence-corrected chi connectivity index (χ2v) is 7.10. The molecule has 0 fully saturated rings. The summed E-state index contributed by atoms with van der Waals surface area (Å²) in [6, 6.07) is 14.8. The number of imide groups is 1. The van der Waals surface area contributed by atoms with Crippen LogP contribution in [0.15, 0.2) is 60.3 Å². The molecule has 0 spiro atoms. The van der Waals surface area contributed by atoms with Gasteiger partial charge in [0.1, 0.15) is 5.70 Å². The molecule has 0 aromatic heterocycles. The van der Waals surface area contributed by atoms with E-state index >= 15 is 0 Å². The Balaban J connectivity index is 2.02. The smallest absolute Gasteiger partial charge is 0.278 e. The second kappa shape index (κ2) is 8.87. The summed E-state index contributed by atoms with van der Waals surface area (Å²) in [5, 5.41) is 11.0. The lowest BCUT2D eigenvalue weighted by molar-refractivity contribution is -0.384. The lowest BCUT2D eigenvalue weighted by Crippen LogP contribution is -2.37. The van der Waals surface area contributed by atoms with Crippen LogP contribution in [0.2, 0.25) is 0 Å². The third-order valence-electron chi connectivity index (χ3n) is 4.76. The summed E-state index contributed by atoms with van der Waals surface area (Å²) in [5.74, 6) is -0.869. The Bertz CT molecular complexity index is 984. The molecule has 1 heterocycles. The van der Waals surface area contributed by atoms with Crippen molar-refractivity contribution in [3.63, 3.8) is 0 Å². The van der Waals surface area contributed by atoms with E-state index in [9.17, 15) is 19.7 Å². The van der Waals surface area contributed by atoms with Gasteiger partial charge in [0, 0.05) is 24.9 Å². The van der Waals surface area contributed by atoms with Crippen LogP contribution in [-0.2, 0) is 14.3 Å².